The van der Waals surface area contributed by atoms with E-state index in [2.05, 4.69) is 27.9 Å². The lowest BCUT2D eigenvalue weighted by atomic mass is 10.2. The number of nitrogens with zero attached hydrogens (tertiary/aromatic N) is 1. The van der Waals surface area contributed by atoms with Crippen LogP contribution in [0.3, 0.4) is 0 Å². The minimum atomic E-state index is -0.0587. The van der Waals surface area contributed by atoms with Crippen LogP contribution in [-0.2, 0) is 4.79 Å². The summed E-state index contributed by atoms with van der Waals surface area (Å²) >= 11 is 8.15. The molecule has 1 fully saturated rings. The van der Waals surface area contributed by atoms with Crippen molar-refractivity contribution in [2.24, 2.45) is 0 Å². The van der Waals surface area contributed by atoms with Gasteiger partial charge in [0, 0.05) is 35.2 Å². The first-order valence-corrected chi connectivity index (χ1v) is 7.44. The van der Waals surface area contributed by atoms with Crippen molar-refractivity contribution in [3.8, 4) is 0 Å². The van der Waals surface area contributed by atoms with Crippen LogP contribution in [0.15, 0.2) is 18.2 Å². The average molecular weight is 393 g/mol. The van der Waals surface area contributed by atoms with Gasteiger partial charge in [-0.15, -0.1) is 0 Å². The molecule has 1 unspecified atom stereocenters. The minimum Gasteiger partial charge on any atom is -0.352 e. The van der Waals surface area contributed by atoms with Crippen molar-refractivity contribution >= 4 is 46.0 Å². The van der Waals surface area contributed by atoms with Gasteiger partial charge in [0.1, 0.15) is 0 Å². The Bertz CT molecular complexity index is 521. The normalized spacial score (nSPS) is 18.5. The molecular formula is C13H14ClIN2O2. The summed E-state index contributed by atoms with van der Waals surface area (Å²) in [7, 11) is 0. The summed E-state index contributed by atoms with van der Waals surface area (Å²) in [6.07, 6.45) is 0.795. The van der Waals surface area contributed by atoms with Crippen LogP contribution >= 0.6 is 34.2 Å². The molecule has 2 amide bonds. The fourth-order valence-electron chi connectivity index (χ4n) is 2.16. The lowest BCUT2D eigenvalue weighted by Gasteiger charge is -2.17. The van der Waals surface area contributed by atoms with E-state index < -0.39 is 0 Å². The molecule has 4 nitrogen and oxygen atoms in total. The maximum atomic E-state index is 12.3. The van der Waals surface area contributed by atoms with Crippen LogP contribution in [0.2, 0.25) is 5.02 Å². The number of benzene rings is 1. The molecule has 0 aromatic heterocycles. The van der Waals surface area contributed by atoms with Crippen LogP contribution < -0.4 is 5.32 Å². The summed E-state index contributed by atoms with van der Waals surface area (Å²) in [5, 5.41) is 3.43. The molecular weight excluding hydrogens is 379 g/mol. The Kier molecular flexibility index (Phi) is 4.67. The summed E-state index contributed by atoms with van der Waals surface area (Å²) in [5.41, 5.74) is 0.592. The predicted molar refractivity (Wildman–Crippen MR) is 82.3 cm³/mol. The van der Waals surface area contributed by atoms with Gasteiger partial charge in [0.2, 0.25) is 5.91 Å². The highest BCUT2D eigenvalue weighted by Gasteiger charge is 2.27. The van der Waals surface area contributed by atoms with E-state index in [1.807, 2.05) is 6.07 Å². The number of hydrogen-bond acceptors (Lipinski definition) is 2. The third kappa shape index (κ3) is 3.60. The van der Waals surface area contributed by atoms with Crippen LogP contribution in [0.5, 0.6) is 0 Å². The summed E-state index contributed by atoms with van der Waals surface area (Å²) in [5.74, 6) is -0.0947. The van der Waals surface area contributed by atoms with Crippen molar-refractivity contribution in [1.82, 2.24) is 10.2 Å². The molecule has 1 N–H and O–H groups in total. The predicted octanol–water partition coefficient (Wildman–Crippen LogP) is 2.30. The fourth-order valence-corrected chi connectivity index (χ4v) is 2.68. The van der Waals surface area contributed by atoms with Gasteiger partial charge in [-0.25, -0.2) is 0 Å². The third-order valence-electron chi connectivity index (χ3n) is 3.05. The molecule has 19 heavy (non-hydrogen) atoms. The highest BCUT2D eigenvalue weighted by molar-refractivity contribution is 14.1. The van der Waals surface area contributed by atoms with E-state index in [-0.39, 0.29) is 17.9 Å². The van der Waals surface area contributed by atoms with Gasteiger partial charge in [0.25, 0.3) is 5.91 Å². The number of carbonyl (C=O) groups is 2. The van der Waals surface area contributed by atoms with Crippen molar-refractivity contribution in [1.29, 1.82) is 0 Å². The van der Waals surface area contributed by atoms with Gasteiger partial charge >= 0.3 is 0 Å². The van der Waals surface area contributed by atoms with Gasteiger partial charge in [0.15, 0.2) is 0 Å². The Morgan fingerprint density at radius 1 is 1.47 bits per heavy atom. The molecule has 6 heteroatoms. The largest absolute Gasteiger partial charge is 0.352 e. The lowest BCUT2D eigenvalue weighted by molar-refractivity contribution is -0.119. The van der Waals surface area contributed by atoms with Crippen molar-refractivity contribution < 1.29 is 9.59 Å². The number of carbonyl (C=O) groups excluding carboxylic acids is 2. The molecule has 0 bridgehead atoms. The Hall–Kier alpha value is -0.820. The Morgan fingerprint density at radius 3 is 2.84 bits per heavy atom. The second-order valence-corrected chi connectivity index (χ2v) is 6.14. The fraction of sp³-hybridized carbons (Fsp3) is 0.385. The molecule has 0 aliphatic carbocycles. The van der Waals surface area contributed by atoms with Crippen LogP contribution in [-0.4, -0.2) is 35.8 Å². The molecule has 1 heterocycles. The minimum absolute atomic E-state index is 0.0360. The molecule has 2 rings (SSSR count). The molecule has 0 spiro atoms. The summed E-state index contributed by atoms with van der Waals surface area (Å²) in [4.78, 5) is 25.0. The zero-order valence-electron chi connectivity index (χ0n) is 10.5. The second kappa shape index (κ2) is 6.09. The van der Waals surface area contributed by atoms with Gasteiger partial charge in [0.05, 0.1) is 5.02 Å². The number of rotatable bonds is 2. The Labute approximate surface area is 130 Å². The average Bonchev–Trinajstić information content (AvgIpc) is 2.79. The third-order valence-corrected chi connectivity index (χ3v) is 4.62. The first-order valence-electron chi connectivity index (χ1n) is 5.99. The van der Waals surface area contributed by atoms with Crippen molar-refractivity contribution in [3.63, 3.8) is 0 Å². The lowest BCUT2D eigenvalue weighted by Crippen LogP contribution is -2.37. The van der Waals surface area contributed by atoms with E-state index in [1.165, 1.54) is 6.92 Å². The standard InChI is InChI=1S/C13H14ClIN2O2/c1-8(18)16-10-4-5-17(7-10)13(19)9-2-3-12(15)11(14)6-9/h2-3,6,10H,4-5,7H2,1H3,(H,16,18). The van der Waals surface area contributed by atoms with Gasteiger partial charge < -0.3 is 10.2 Å². The Morgan fingerprint density at radius 2 is 2.21 bits per heavy atom. The summed E-state index contributed by atoms with van der Waals surface area (Å²) in [6, 6.07) is 5.36. The molecule has 102 valence electrons. The van der Waals surface area contributed by atoms with Gasteiger partial charge in [-0.05, 0) is 47.2 Å². The molecule has 0 radical (unpaired) electrons. The zero-order chi connectivity index (χ0) is 14.0. The number of hydrogen-bond donors (Lipinski definition) is 1. The van der Waals surface area contributed by atoms with E-state index in [9.17, 15) is 9.59 Å². The highest BCUT2D eigenvalue weighted by atomic mass is 127. The highest BCUT2D eigenvalue weighted by Crippen LogP contribution is 2.21. The zero-order valence-corrected chi connectivity index (χ0v) is 13.4. The van der Waals surface area contributed by atoms with Crippen LogP contribution in [0.4, 0.5) is 0 Å². The first kappa shape index (κ1) is 14.6. The summed E-state index contributed by atoms with van der Waals surface area (Å²) in [6.45, 7) is 2.71. The van der Waals surface area contributed by atoms with Crippen molar-refractivity contribution in [2.75, 3.05) is 13.1 Å². The first-order chi connectivity index (χ1) is 8.97. The Balaban J connectivity index is 2.04. The molecule has 1 saturated heterocycles. The smallest absolute Gasteiger partial charge is 0.253 e. The monoisotopic (exact) mass is 392 g/mol. The molecule has 1 aliphatic heterocycles. The van der Waals surface area contributed by atoms with E-state index in [0.29, 0.717) is 23.7 Å². The van der Waals surface area contributed by atoms with Gasteiger partial charge in [-0.3, -0.25) is 9.59 Å². The molecule has 1 aromatic carbocycles. The van der Waals surface area contributed by atoms with E-state index in [4.69, 9.17) is 11.6 Å². The SMILES string of the molecule is CC(=O)NC1CCN(C(=O)c2ccc(I)c(Cl)c2)C1. The number of nitrogens with one attached hydrogen (secondary N) is 1. The maximum Gasteiger partial charge on any atom is 0.253 e. The molecule has 1 atom stereocenters. The van der Waals surface area contributed by atoms with E-state index in [1.54, 1.807) is 17.0 Å². The quantitative estimate of drug-likeness (QED) is 0.785. The number of amides is 2. The van der Waals surface area contributed by atoms with E-state index in [0.717, 1.165) is 9.99 Å². The van der Waals surface area contributed by atoms with Gasteiger partial charge in [-0.2, -0.15) is 0 Å². The summed E-state index contributed by atoms with van der Waals surface area (Å²) < 4.78 is 0.924. The molecule has 1 aliphatic rings. The van der Waals surface area contributed by atoms with Crippen LogP contribution in [0.1, 0.15) is 23.7 Å². The maximum absolute atomic E-state index is 12.3. The van der Waals surface area contributed by atoms with E-state index >= 15 is 0 Å². The van der Waals surface area contributed by atoms with Crippen molar-refractivity contribution in [2.45, 2.75) is 19.4 Å². The molecule has 1 aromatic rings. The van der Waals surface area contributed by atoms with Crippen molar-refractivity contribution in [3.05, 3.63) is 32.4 Å². The molecule has 0 saturated carbocycles. The van der Waals surface area contributed by atoms with Crippen LogP contribution in [0.25, 0.3) is 0 Å². The second-order valence-electron chi connectivity index (χ2n) is 4.57. The number of halogens is 2. The number of likely N-dealkylation sites (tertiary alicyclic amines) is 1. The van der Waals surface area contributed by atoms with Gasteiger partial charge in [-0.1, -0.05) is 11.6 Å². The topological polar surface area (TPSA) is 49.4 Å². The van der Waals surface area contributed by atoms with Crippen LogP contribution in [0, 0.1) is 3.57 Å².